The van der Waals surface area contributed by atoms with Gasteiger partial charge in [0.25, 0.3) is 5.91 Å². The Morgan fingerprint density at radius 2 is 1.82 bits per heavy atom. The molecule has 0 radical (unpaired) electrons. The number of hydrogen-bond acceptors (Lipinski definition) is 6. The molecule has 2 amide bonds. The zero-order valence-electron chi connectivity index (χ0n) is 15.7. The molecule has 0 aliphatic carbocycles. The quantitative estimate of drug-likeness (QED) is 0.729. The van der Waals surface area contributed by atoms with Crippen molar-refractivity contribution in [2.24, 2.45) is 0 Å². The van der Waals surface area contributed by atoms with Crippen molar-refractivity contribution in [3.63, 3.8) is 0 Å². The molecule has 9 heteroatoms. The average Bonchev–Trinajstić information content (AvgIpc) is 3.27. The molecule has 2 aliphatic rings. The van der Waals surface area contributed by atoms with Crippen LogP contribution in [0.15, 0.2) is 43.0 Å². The fourth-order valence-electron chi connectivity index (χ4n) is 3.61. The number of aromatic nitrogens is 3. The van der Waals surface area contributed by atoms with Crippen LogP contribution in [0.1, 0.15) is 0 Å². The molecule has 1 atom stereocenters. The summed E-state index contributed by atoms with van der Waals surface area (Å²) in [4.78, 5) is 35.0. The number of morpholine rings is 1. The number of anilines is 1. The van der Waals surface area contributed by atoms with Gasteiger partial charge in [-0.05, 0) is 12.1 Å². The number of benzene rings is 1. The van der Waals surface area contributed by atoms with Crippen LogP contribution >= 0.6 is 0 Å². The van der Waals surface area contributed by atoms with Gasteiger partial charge < -0.3 is 19.4 Å². The molecule has 3 heterocycles. The van der Waals surface area contributed by atoms with Crippen molar-refractivity contribution in [3.8, 4) is 0 Å². The van der Waals surface area contributed by atoms with E-state index in [-0.39, 0.29) is 24.9 Å². The molecular formula is C19H24N6O3. The number of hydrogen-bond donors (Lipinski definition) is 0. The topological polar surface area (TPSA) is 83.8 Å². The van der Waals surface area contributed by atoms with Gasteiger partial charge in [-0.2, -0.15) is 5.10 Å². The van der Waals surface area contributed by atoms with Crippen molar-refractivity contribution in [1.82, 2.24) is 24.6 Å². The van der Waals surface area contributed by atoms with E-state index in [4.69, 9.17) is 4.74 Å². The lowest BCUT2D eigenvalue weighted by atomic mass is 10.2. The fourth-order valence-corrected chi connectivity index (χ4v) is 3.61. The maximum atomic E-state index is 12.9. The highest BCUT2D eigenvalue weighted by Crippen LogP contribution is 2.17. The first kappa shape index (κ1) is 18.4. The van der Waals surface area contributed by atoms with E-state index in [2.05, 4.69) is 27.1 Å². The second kappa shape index (κ2) is 8.39. The molecule has 0 spiro atoms. The number of rotatable bonds is 4. The van der Waals surface area contributed by atoms with Crippen molar-refractivity contribution in [2.75, 3.05) is 50.8 Å². The van der Waals surface area contributed by atoms with Gasteiger partial charge in [-0.1, -0.05) is 18.2 Å². The highest BCUT2D eigenvalue weighted by atomic mass is 16.5. The van der Waals surface area contributed by atoms with E-state index in [0.29, 0.717) is 26.2 Å². The van der Waals surface area contributed by atoms with Crippen LogP contribution in [0.3, 0.4) is 0 Å². The molecule has 0 bridgehead atoms. The van der Waals surface area contributed by atoms with E-state index in [0.717, 1.165) is 13.1 Å². The van der Waals surface area contributed by atoms with E-state index in [1.54, 1.807) is 4.90 Å². The summed E-state index contributed by atoms with van der Waals surface area (Å²) in [6, 6.07) is 10.2. The Kier molecular flexibility index (Phi) is 5.52. The number of para-hydroxylation sites is 1. The lowest BCUT2D eigenvalue weighted by Crippen LogP contribution is -2.56. The van der Waals surface area contributed by atoms with E-state index < -0.39 is 6.10 Å². The van der Waals surface area contributed by atoms with Gasteiger partial charge in [-0.15, -0.1) is 0 Å². The first-order valence-electron chi connectivity index (χ1n) is 9.51. The number of carbonyl (C=O) groups excluding carboxylic acids is 2. The minimum Gasteiger partial charge on any atom is -0.368 e. The summed E-state index contributed by atoms with van der Waals surface area (Å²) in [6.45, 7) is 4.14. The summed E-state index contributed by atoms with van der Waals surface area (Å²) >= 11 is 0. The highest BCUT2D eigenvalue weighted by molar-refractivity contribution is 5.83. The smallest absolute Gasteiger partial charge is 0.253 e. The largest absolute Gasteiger partial charge is 0.368 e. The average molecular weight is 384 g/mol. The molecule has 4 rings (SSSR count). The van der Waals surface area contributed by atoms with Crippen molar-refractivity contribution in [2.45, 2.75) is 12.6 Å². The van der Waals surface area contributed by atoms with Crippen LogP contribution in [-0.2, 0) is 20.9 Å². The van der Waals surface area contributed by atoms with Crippen LogP contribution in [0, 0.1) is 0 Å². The number of ether oxygens (including phenoxy) is 1. The lowest BCUT2D eigenvalue weighted by molar-refractivity contribution is -0.154. The lowest BCUT2D eigenvalue weighted by Gasteiger charge is -2.39. The molecular weight excluding hydrogens is 360 g/mol. The molecule has 1 aromatic heterocycles. The Labute approximate surface area is 163 Å². The molecule has 2 saturated heterocycles. The Morgan fingerprint density at radius 1 is 1.04 bits per heavy atom. The van der Waals surface area contributed by atoms with Crippen molar-refractivity contribution in [1.29, 1.82) is 0 Å². The van der Waals surface area contributed by atoms with E-state index in [9.17, 15) is 9.59 Å². The minimum atomic E-state index is -0.600. The number of amides is 2. The minimum absolute atomic E-state index is 0.0361. The normalized spacial score (nSPS) is 20.3. The second-order valence-corrected chi connectivity index (χ2v) is 6.94. The summed E-state index contributed by atoms with van der Waals surface area (Å²) in [5, 5.41) is 3.96. The Morgan fingerprint density at radius 3 is 2.54 bits per heavy atom. The number of piperazine rings is 1. The molecule has 2 aromatic rings. The number of nitrogens with zero attached hydrogens (tertiary/aromatic N) is 6. The molecule has 2 fully saturated rings. The first-order chi connectivity index (χ1) is 13.7. The maximum absolute atomic E-state index is 12.9. The molecule has 1 unspecified atom stereocenters. The Balaban J connectivity index is 1.30. The summed E-state index contributed by atoms with van der Waals surface area (Å²) < 4.78 is 7.17. The molecule has 0 N–H and O–H groups in total. The predicted octanol–water partition coefficient (Wildman–Crippen LogP) is -0.146. The molecule has 0 saturated carbocycles. The third kappa shape index (κ3) is 4.14. The van der Waals surface area contributed by atoms with Crippen LogP contribution in [0.2, 0.25) is 0 Å². The highest BCUT2D eigenvalue weighted by Gasteiger charge is 2.33. The monoisotopic (exact) mass is 384 g/mol. The van der Waals surface area contributed by atoms with Gasteiger partial charge in [0.15, 0.2) is 6.10 Å². The van der Waals surface area contributed by atoms with Gasteiger partial charge in [0.2, 0.25) is 5.91 Å². The van der Waals surface area contributed by atoms with Gasteiger partial charge in [0.1, 0.15) is 19.2 Å². The van der Waals surface area contributed by atoms with E-state index in [1.165, 1.54) is 23.0 Å². The van der Waals surface area contributed by atoms with Crippen molar-refractivity contribution < 1.29 is 14.3 Å². The Bertz CT molecular complexity index is 789. The van der Waals surface area contributed by atoms with Crippen LogP contribution in [0.5, 0.6) is 0 Å². The molecule has 1 aromatic carbocycles. The standard InChI is InChI=1S/C19H24N6O3/c26-18(13-25-15-20-14-21-25)24-10-11-28-17(12-24)19(27)23-8-6-22(7-9-23)16-4-2-1-3-5-16/h1-5,14-15,17H,6-13H2. The zero-order valence-corrected chi connectivity index (χ0v) is 15.7. The Hall–Kier alpha value is -2.94. The predicted molar refractivity (Wildman–Crippen MR) is 102 cm³/mol. The van der Waals surface area contributed by atoms with E-state index >= 15 is 0 Å². The van der Waals surface area contributed by atoms with Gasteiger partial charge >= 0.3 is 0 Å². The van der Waals surface area contributed by atoms with Crippen LogP contribution < -0.4 is 4.90 Å². The van der Waals surface area contributed by atoms with Gasteiger partial charge in [-0.25, -0.2) is 9.67 Å². The third-order valence-electron chi connectivity index (χ3n) is 5.17. The fraction of sp³-hybridized carbons (Fsp3) is 0.474. The summed E-state index contributed by atoms with van der Waals surface area (Å²) in [5.41, 5.74) is 1.17. The van der Waals surface area contributed by atoms with Gasteiger partial charge in [0.05, 0.1) is 13.2 Å². The van der Waals surface area contributed by atoms with Gasteiger partial charge in [0, 0.05) is 38.4 Å². The summed E-state index contributed by atoms with van der Waals surface area (Å²) in [5.74, 6) is -0.119. The van der Waals surface area contributed by atoms with Crippen molar-refractivity contribution >= 4 is 17.5 Å². The summed E-state index contributed by atoms with van der Waals surface area (Å²) in [7, 11) is 0. The van der Waals surface area contributed by atoms with Crippen LogP contribution in [-0.4, -0.2) is 88.4 Å². The van der Waals surface area contributed by atoms with Crippen LogP contribution in [0.25, 0.3) is 0 Å². The SMILES string of the molecule is O=C(Cn1cncn1)N1CCOC(C(=O)N2CCN(c3ccccc3)CC2)C1. The van der Waals surface area contributed by atoms with Crippen molar-refractivity contribution in [3.05, 3.63) is 43.0 Å². The molecule has 2 aliphatic heterocycles. The zero-order chi connectivity index (χ0) is 19.3. The molecule has 9 nitrogen and oxygen atoms in total. The van der Waals surface area contributed by atoms with E-state index in [1.807, 2.05) is 23.1 Å². The maximum Gasteiger partial charge on any atom is 0.253 e. The molecule has 28 heavy (non-hydrogen) atoms. The van der Waals surface area contributed by atoms with Gasteiger partial charge in [-0.3, -0.25) is 9.59 Å². The number of carbonyl (C=O) groups is 2. The van der Waals surface area contributed by atoms with Crippen LogP contribution in [0.4, 0.5) is 5.69 Å². The summed E-state index contributed by atoms with van der Waals surface area (Å²) in [6.07, 6.45) is 2.30. The first-order valence-corrected chi connectivity index (χ1v) is 9.51. The second-order valence-electron chi connectivity index (χ2n) is 6.94. The third-order valence-corrected chi connectivity index (χ3v) is 5.17. The molecule has 148 valence electrons.